The van der Waals surface area contributed by atoms with Crippen LogP contribution in [0.2, 0.25) is 0 Å². The minimum absolute atomic E-state index is 0.671. The molecule has 0 aliphatic carbocycles. The molecule has 33 heavy (non-hydrogen) atoms. The van der Waals surface area contributed by atoms with Crippen molar-refractivity contribution in [1.82, 2.24) is 9.97 Å². The summed E-state index contributed by atoms with van der Waals surface area (Å²) in [5.41, 5.74) is 7.23. The molecule has 5 rings (SSSR count). The molecule has 4 aromatic rings. The molecule has 1 aliphatic heterocycles. The molecule has 1 saturated heterocycles. The lowest BCUT2D eigenvalue weighted by Gasteiger charge is -2.32. The van der Waals surface area contributed by atoms with Crippen molar-refractivity contribution >= 4 is 28.0 Å². The second-order valence-electron chi connectivity index (χ2n) is 8.28. The number of aromatic amines is 1. The van der Waals surface area contributed by atoms with Crippen molar-refractivity contribution < 1.29 is 4.74 Å². The molecule has 0 atom stereocenters. The van der Waals surface area contributed by atoms with Crippen LogP contribution >= 0.6 is 0 Å². The molecule has 1 fully saturated rings. The van der Waals surface area contributed by atoms with Gasteiger partial charge < -0.3 is 19.9 Å². The lowest BCUT2D eigenvalue weighted by atomic mass is 9.97. The zero-order valence-corrected chi connectivity index (χ0v) is 18.6. The minimum atomic E-state index is 0.671. The Bertz CT molecular complexity index is 1270. The van der Waals surface area contributed by atoms with Gasteiger partial charge in [-0.1, -0.05) is 24.3 Å². The number of nitrogens with zero attached hydrogens (tertiary/aromatic N) is 3. The van der Waals surface area contributed by atoms with Crippen LogP contribution in [0.1, 0.15) is 23.1 Å². The van der Waals surface area contributed by atoms with Crippen molar-refractivity contribution in [2.45, 2.75) is 19.3 Å². The number of benzene rings is 2. The topological polar surface area (TPSA) is 77.0 Å². The van der Waals surface area contributed by atoms with Crippen molar-refractivity contribution in [3.8, 4) is 6.07 Å². The van der Waals surface area contributed by atoms with Crippen LogP contribution in [0.15, 0.2) is 67.1 Å². The molecule has 0 spiro atoms. The second kappa shape index (κ2) is 9.76. The summed E-state index contributed by atoms with van der Waals surface area (Å²) in [6, 6.07) is 19.0. The summed E-state index contributed by atoms with van der Waals surface area (Å²) in [4.78, 5) is 9.73. The average molecular weight is 438 g/mol. The van der Waals surface area contributed by atoms with Crippen LogP contribution < -0.4 is 10.2 Å². The van der Waals surface area contributed by atoms with Gasteiger partial charge >= 0.3 is 0 Å². The van der Waals surface area contributed by atoms with Crippen LogP contribution in [0.3, 0.4) is 0 Å². The molecular weight excluding hydrogens is 410 g/mol. The third-order valence-corrected chi connectivity index (χ3v) is 6.23. The average Bonchev–Trinajstić information content (AvgIpc) is 3.28. The molecule has 2 aromatic carbocycles. The Morgan fingerprint density at radius 3 is 2.61 bits per heavy atom. The maximum atomic E-state index is 10.2. The Balaban J connectivity index is 1.41. The number of fused-ring (bicyclic) bond motifs is 1. The molecule has 2 N–H and O–H groups in total. The maximum Gasteiger partial charge on any atom is 0.102 e. The van der Waals surface area contributed by atoms with Crippen LogP contribution in [-0.2, 0) is 17.6 Å². The first kappa shape index (κ1) is 21.0. The summed E-state index contributed by atoms with van der Waals surface area (Å²) in [5, 5.41) is 15.0. The maximum absolute atomic E-state index is 10.2. The predicted molar refractivity (Wildman–Crippen MR) is 132 cm³/mol. The van der Waals surface area contributed by atoms with E-state index in [1.54, 1.807) is 12.4 Å². The van der Waals surface area contributed by atoms with Crippen molar-refractivity contribution in [2.75, 3.05) is 36.5 Å². The largest absolute Gasteiger partial charge is 0.378 e. The van der Waals surface area contributed by atoms with Crippen molar-refractivity contribution in [3.05, 3.63) is 83.8 Å². The van der Waals surface area contributed by atoms with E-state index in [4.69, 9.17) is 4.74 Å². The Kier molecular flexibility index (Phi) is 6.23. The molecule has 0 unspecified atom stereocenters. The van der Waals surface area contributed by atoms with E-state index in [1.807, 2.05) is 12.1 Å². The Labute approximate surface area is 193 Å². The van der Waals surface area contributed by atoms with Gasteiger partial charge in [-0.25, -0.2) is 0 Å². The fraction of sp³-hybridized carbons (Fsp3) is 0.259. The Hall–Kier alpha value is -3.82. The molecule has 2 aromatic heterocycles. The second-order valence-corrected chi connectivity index (χ2v) is 8.28. The van der Waals surface area contributed by atoms with E-state index >= 15 is 0 Å². The summed E-state index contributed by atoms with van der Waals surface area (Å²) in [5.74, 6) is 0. The molecule has 0 radical (unpaired) electrons. The molecule has 166 valence electrons. The number of para-hydroxylation sites is 1. The quantitative estimate of drug-likeness (QED) is 0.416. The molecule has 6 heteroatoms. The predicted octanol–water partition coefficient (Wildman–Crippen LogP) is 5.19. The van der Waals surface area contributed by atoms with Gasteiger partial charge in [-0.3, -0.25) is 4.98 Å². The summed E-state index contributed by atoms with van der Waals surface area (Å²) in [6.45, 7) is 2.89. The van der Waals surface area contributed by atoms with E-state index in [0.29, 0.717) is 13.2 Å². The molecule has 0 bridgehead atoms. The standard InChI is InChI=1S/C27H27N5O/c28-18-24-20(4-3-5-21-19-30-25-7-2-1-6-23(21)25)8-9-26(31-22-10-12-29-13-11-22)27(24)32-14-16-33-17-15-32/h1-2,6-13,19,30H,3-5,14-17H2,(H,29,31). The van der Waals surface area contributed by atoms with Gasteiger partial charge in [-0.15, -0.1) is 0 Å². The number of aromatic nitrogens is 2. The highest BCUT2D eigenvalue weighted by Crippen LogP contribution is 2.35. The Morgan fingerprint density at radius 2 is 1.79 bits per heavy atom. The highest BCUT2D eigenvalue weighted by Gasteiger charge is 2.21. The summed E-state index contributed by atoms with van der Waals surface area (Å²) in [7, 11) is 0. The van der Waals surface area contributed by atoms with Crippen LogP contribution in [0.5, 0.6) is 0 Å². The van der Waals surface area contributed by atoms with E-state index in [-0.39, 0.29) is 0 Å². The van der Waals surface area contributed by atoms with Gasteiger partial charge in [0.25, 0.3) is 0 Å². The fourth-order valence-electron chi connectivity index (χ4n) is 4.58. The number of hydrogen-bond donors (Lipinski definition) is 2. The number of H-pyrrole nitrogens is 1. The van der Waals surface area contributed by atoms with Gasteiger partial charge in [-0.2, -0.15) is 5.26 Å². The molecule has 3 heterocycles. The number of ether oxygens (including phenoxy) is 1. The van der Waals surface area contributed by atoms with Crippen LogP contribution in [0, 0.1) is 11.3 Å². The van der Waals surface area contributed by atoms with Crippen molar-refractivity contribution in [3.63, 3.8) is 0 Å². The van der Waals surface area contributed by atoms with Crippen LogP contribution in [0.25, 0.3) is 10.9 Å². The summed E-state index contributed by atoms with van der Waals surface area (Å²) < 4.78 is 5.57. The Morgan fingerprint density at radius 1 is 1.00 bits per heavy atom. The van der Waals surface area contributed by atoms with Gasteiger partial charge in [0.05, 0.1) is 30.2 Å². The van der Waals surface area contributed by atoms with E-state index in [0.717, 1.165) is 60.5 Å². The third-order valence-electron chi connectivity index (χ3n) is 6.23. The van der Waals surface area contributed by atoms with Crippen LogP contribution in [-0.4, -0.2) is 36.3 Å². The summed E-state index contributed by atoms with van der Waals surface area (Å²) in [6.07, 6.45) is 8.45. The van der Waals surface area contributed by atoms with Gasteiger partial charge in [0, 0.05) is 48.3 Å². The number of anilines is 3. The number of pyridine rings is 1. The van der Waals surface area contributed by atoms with E-state index in [9.17, 15) is 5.26 Å². The number of aryl methyl sites for hydroxylation is 2. The van der Waals surface area contributed by atoms with Crippen molar-refractivity contribution in [1.29, 1.82) is 5.26 Å². The zero-order chi connectivity index (χ0) is 22.5. The minimum Gasteiger partial charge on any atom is -0.378 e. The molecular formula is C27H27N5O. The lowest BCUT2D eigenvalue weighted by Crippen LogP contribution is -2.37. The summed E-state index contributed by atoms with van der Waals surface area (Å²) >= 11 is 0. The number of nitrogens with one attached hydrogen (secondary N) is 2. The monoisotopic (exact) mass is 437 g/mol. The number of nitriles is 1. The van der Waals surface area contributed by atoms with Gasteiger partial charge in [0.15, 0.2) is 0 Å². The lowest BCUT2D eigenvalue weighted by molar-refractivity contribution is 0.122. The molecule has 1 aliphatic rings. The number of hydrogen-bond acceptors (Lipinski definition) is 5. The molecule has 6 nitrogen and oxygen atoms in total. The molecule has 0 saturated carbocycles. The number of morpholine rings is 1. The van der Waals surface area contributed by atoms with E-state index in [2.05, 4.69) is 68.8 Å². The normalized spacial score (nSPS) is 13.7. The SMILES string of the molecule is N#Cc1c(CCCc2c[nH]c3ccccc23)ccc(Nc2ccncc2)c1N1CCOCC1. The number of rotatable bonds is 7. The van der Waals surface area contributed by atoms with Crippen molar-refractivity contribution in [2.24, 2.45) is 0 Å². The van der Waals surface area contributed by atoms with E-state index < -0.39 is 0 Å². The van der Waals surface area contributed by atoms with Gasteiger partial charge in [-0.05, 0) is 54.7 Å². The zero-order valence-electron chi connectivity index (χ0n) is 18.6. The van der Waals surface area contributed by atoms with Crippen LogP contribution in [0.4, 0.5) is 17.1 Å². The molecule has 0 amide bonds. The first-order valence-corrected chi connectivity index (χ1v) is 11.4. The first-order valence-electron chi connectivity index (χ1n) is 11.4. The fourth-order valence-corrected chi connectivity index (χ4v) is 4.58. The first-order chi connectivity index (χ1) is 16.3. The highest BCUT2D eigenvalue weighted by atomic mass is 16.5. The highest BCUT2D eigenvalue weighted by molar-refractivity contribution is 5.83. The smallest absolute Gasteiger partial charge is 0.102 e. The van der Waals surface area contributed by atoms with Gasteiger partial charge in [0.1, 0.15) is 6.07 Å². The van der Waals surface area contributed by atoms with E-state index in [1.165, 1.54) is 16.5 Å². The van der Waals surface area contributed by atoms with Gasteiger partial charge in [0.2, 0.25) is 0 Å². The third kappa shape index (κ3) is 4.55.